The second kappa shape index (κ2) is 4.95. The zero-order valence-corrected chi connectivity index (χ0v) is 10.00. The molecule has 0 atom stereocenters. The molecular weight excluding hydrogens is 215 g/mol. The molecule has 2 nitrogen and oxygen atoms in total. The summed E-state index contributed by atoms with van der Waals surface area (Å²) in [4.78, 5) is 4.26. The number of pyridine rings is 1. The summed E-state index contributed by atoms with van der Waals surface area (Å²) in [6.07, 6.45) is 1.81. The molecule has 1 N–H and O–H groups in total. The molecule has 1 aromatic heterocycles. The lowest BCUT2D eigenvalue weighted by Gasteiger charge is -2.08. The smallest absolute Gasteiger partial charge is 0.146 e. The first-order valence-electron chi connectivity index (χ1n) is 5.57. The van der Waals surface area contributed by atoms with Crippen LogP contribution in [0.4, 0.5) is 10.1 Å². The summed E-state index contributed by atoms with van der Waals surface area (Å²) in [5.74, 6) is -0.234. The number of anilines is 1. The Hall–Kier alpha value is -1.90. The Balaban J connectivity index is 2.07. The molecule has 2 aromatic rings. The van der Waals surface area contributed by atoms with Gasteiger partial charge in [0.25, 0.3) is 0 Å². The van der Waals surface area contributed by atoms with Crippen LogP contribution in [0.25, 0.3) is 0 Å². The van der Waals surface area contributed by atoms with E-state index < -0.39 is 0 Å². The van der Waals surface area contributed by atoms with Crippen molar-refractivity contribution in [1.29, 1.82) is 0 Å². The lowest BCUT2D eigenvalue weighted by atomic mass is 10.2. The van der Waals surface area contributed by atoms with Crippen LogP contribution in [-0.4, -0.2) is 4.98 Å². The molecule has 0 aliphatic rings. The monoisotopic (exact) mass is 230 g/mol. The molecule has 0 aliphatic carbocycles. The van der Waals surface area contributed by atoms with Crippen LogP contribution in [0.15, 0.2) is 36.5 Å². The molecule has 0 bridgehead atoms. The third kappa shape index (κ3) is 3.03. The molecule has 0 aliphatic heterocycles. The molecule has 1 aromatic carbocycles. The zero-order valence-electron chi connectivity index (χ0n) is 10.00. The van der Waals surface area contributed by atoms with Crippen LogP contribution in [0.3, 0.4) is 0 Å². The predicted octanol–water partition coefficient (Wildman–Crippen LogP) is 3.45. The van der Waals surface area contributed by atoms with E-state index in [9.17, 15) is 4.39 Å². The minimum absolute atomic E-state index is 0.234. The molecule has 0 spiro atoms. The van der Waals surface area contributed by atoms with Crippen LogP contribution in [0.1, 0.15) is 16.8 Å². The first kappa shape index (κ1) is 11.6. The number of aromatic nitrogens is 1. The van der Waals surface area contributed by atoms with Gasteiger partial charge >= 0.3 is 0 Å². The number of nitrogens with one attached hydrogen (secondary N) is 1. The maximum atomic E-state index is 13.5. The van der Waals surface area contributed by atoms with Crippen LogP contribution >= 0.6 is 0 Å². The van der Waals surface area contributed by atoms with Gasteiger partial charge in [-0.25, -0.2) is 4.39 Å². The third-order valence-electron chi connectivity index (χ3n) is 2.55. The van der Waals surface area contributed by atoms with Gasteiger partial charge in [-0.15, -0.1) is 0 Å². The van der Waals surface area contributed by atoms with E-state index in [1.807, 2.05) is 32.2 Å². The second-order valence-electron chi connectivity index (χ2n) is 4.16. The van der Waals surface area contributed by atoms with Crippen LogP contribution in [0.2, 0.25) is 0 Å². The van der Waals surface area contributed by atoms with E-state index in [0.717, 1.165) is 16.8 Å². The molecule has 88 valence electrons. The van der Waals surface area contributed by atoms with E-state index in [0.29, 0.717) is 12.2 Å². The fourth-order valence-corrected chi connectivity index (χ4v) is 1.56. The van der Waals surface area contributed by atoms with Gasteiger partial charge in [-0.1, -0.05) is 12.1 Å². The summed E-state index contributed by atoms with van der Waals surface area (Å²) in [5.41, 5.74) is 3.57. The van der Waals surface area contributed by atoms with Gasteiger partial charge in [0.2, 0.25) is 0 Å². The number of hydrogen-bond donors (Lipinski definition) is 1. The lowest BCUT2D eigenvalue weighted by Crippen LogP contribution is -2.03. The normalized spacial score (nSPS) is 10.3. The van der Waals surface area contributed by atoms with Crippen molar-refractivity contribution in [1.82, 2.24) is 4.98 Å². The molecule has 0 unspecified atom stereocenters. The van der Waals surface area contributed by atoms with Gasteiger partial charge in [0.05, 0.1) is 17.9 Å². The van der Waals surface area contributed by atoms with E-state index in [1.165, 1.54) is 6.07 Å². The van der Waals surface area contributed by atoms with Crippen LogP contribution in [-0.2, 0) is 6.54 Å². The molecular formula is C14H15FN2. The number of hydrogen-bond acceptors (Lipinski definition) is 2. The number of aryl methyl sites for hydroxylation is 2. The van der Waals surface area contributed by atoms with E-state index in [2.05, 4.69) is 10.3 Å². The van der Waals surface area contributed by atoms with Crippen molar-refractivity contribution in [3.05, 3.63) is 59.2 Å². The maximum Gasteiger partial charge on any atom is 0.146 e. The molecule has 17 heavy (non-hydrogen) atoms. The Morgan fingerprint density at radius 3 is 2.59 bits per heavy atom. The molecule has 1 heterocycles. The van der Waals surface area contributed by atoms with Gasteiger partial charge in [-0.05, 0) is 43.2 Å². The van der Waals surface area contributed by atoms with E-state index in [4.69, 9.17) is 0 Å². The van der Waals surface area contributed by atoms with Gasteiger partial charge in [0, 0.05) is 6.20 Å². The fourth-order valence-electron chi connectivity index (χ4n) is 1.56. The summed E-state index contributed by atoms with van der Waals surface area (Å²) in [6, 6.07) is 8.96. The standard InChI is InChI=1S/C14H15FN2/c1-10-4-6-13(15)14(7-10)17-9-12-5-3-11(2)8-16-12/h3-8,17H,9H2,1-2H3. The number of halogens is 1. The molecule has 0 saturated heterocycles. The SMILES string of the molecule is Cc1ccc(CNc2cc(C)ccc2F)nc1. The topological polar surface area (TPSA) is 24.9 Å². The van der Waals surface area contributed by atoms with Crippen molar-refractivity contribution in [2.75, 3.05) is 5.32 Å². The van der Waals surface area contributed by atoms with E-state index in [1.54, 1.807) is 12.1 Å². The van der Waals surface area contributed by atoms with Gasteiger partial charge in [-0.3, -0.25) is 4.98 Å². The Morgan fingerprint density at radius 1 is 1.12 bits per heavy atom. The largest absolute Gasteiger partial charge is 0.377 e. The fraction of sp³-hybridized carbons (Fsp3) is 0.214. The van der Waals surface area contributed by atoms with Gasteiger partial charge in [0.1, 0.15) is 5.82 Å². The van der Waals surface area contributed by atoms with Crippen molar-refractivity contribution >= 4 is 5.69 Å². The van der Waals surface area contributed by atoms with E-state index >= 15 is 0 Å². The average molecular weight is 230 g/mol. The summed E-state index contributed by atoms with van der Waals surface area (Å²) < 4.78 is 13.5. The lowest BCUT2D eigenvalue weighted by molar-refractivity contribution is 0.629. The Morgan fingerprint density at radius 2 is 1.88 bits per heavy atom. The number of benzene rings is 1. The van der Waals surface area contributed by atoms with Crippen molar-refractivity contribution in [3.63, 3.8) is 0 Å². The van der Waals surface area contributed by atoms with Gasteiger partial charge in [-0.2, -0.15) is 0 Å². The third-order valence-corrected chi connectivity index (χ3v) is 2.55. The van der Waals surface area contributed by atoms with Crippen molar-refractivity contribution < 1.29 is 4.39 Å². The molecule has 0 amide bonds. The zero-order chi connectivity index (χ0) is 12.3. The highest BCUT2D eigenvalue weighted by atomic mass is 19.1. The van der Waals surface area contributed by atoms with E-state index in [-0.39, 0.29) is 5.82 Å². The number of nitrogens with zero attached hydrogens (tertiary/aromatic N) is 1. The quantitative estimate of drug-likeness (QED) is 0.873. The summed E-state index contributed by atoms with van der Waals surface area (Å²) in [6.45, 7) is 4.46. The Kier molecular flexibility index (Phi) is 3.38. The Bertz CT molecular complexity index is 506. The molecule has 2 rings (SSSR count). The first-order chi connectivity index (χ1) is 8.15. The average Bonchev–Trinajstić information content (AvgIpc) is 2.32. The highest BCUT2D eigenvalue weighted by Gasteiger charge is 2.02. The minimum atomic E-state index is -0.234. The Labute approximate surface area is 101 Å². The minimum Gasteiger partial charge on any atom is -0.377 e. The second-order valence-corrected chi connectivity index (χ2v) is 4.16. The van der Waals surface area contributed by atoms with Crippen LogP contribution in [0.5, 0.6) is 0 Å². The molecule has 0 fully saturated rings. The maximum absolute atomic E-state index is 13.5. The molecule has 3 heteroatoms. The highest BCUT2D eigenvalue weighted by Crippen LogP contribution is 2.16. The molecule has 0 radical (unpaired) electrons. The predicted molar refractivity (Wildman–Crippen MR) is 67.4 cm³/mol. The van der Waals surface area contributed by atoms with Crippen LogP contribution in [0, 0.1) is 19.7 Å². The van der Waals surface area contributed by atoms with Crippen LogP contribution < -0.4 is 5.32 Å². The van der Waals surface area contributed by atoms with Crippen molar-refractivity contribution in [2.45, 2.75) is 20.4 Å². The summed E-state index contributed by atoms with van der Waals surface area (Å²) in [7, 11) is 0. The van der Waals surface area contributed by atoms with Gasteiger partial charge in [0.15, 0.2) is 0 Å². The number of rotatable bonds is 3. The van der Waals surface area contributed by atoms with Gasteiger partial charge < -0.3 is 5.32 Å². The van der Waals surface area contributed by atoms with Crippen molar-refractivity contribution in [3.8, 4) is 0 Å². The summed E-state index contributed by atoms with van der Waals surface area (Å²) in [5, 5.41) is 3.05. The molecule has 0 saturated carbocycles. The first-order valence-corrected chi connectivity index (χ1v) is 5.57. The summed E-state index contributed by atoms with van der Waals surface area (Å²) >= 11 is 0. The van der Waals surface area contributed by atoms with Crippen molar-refractivity contribution in [2.24, 2.45) is 0 Å². The highest BCUT2D eigenvalue weighted by molar-refractivity contribution is 5.47.